The van der Waals surface area contributed by atoms with E-state index in [1.807, 2.05) is 27.7 Å². The van der Waals surface area contributed by atoms with Gasteiger partial charge in [-0.3, -0.25) is 13.8 Å². The van der Waals surface area contributed by atoms with E-state index in [4.69, 9.17) is 13.7 Å². The third-order valence-electron chi connectivity index (χ3n) is 7.44. The summed E-state index contributed by atoms with van der Waals surface area (Å²) in [5.41, 5.74) is -0.933. The van der Waals surface area contributed by atoms with Crippen molar-refractivity contribution >= 4 is 27.8 Å². The molecule has 4 saturated carbocycles. The van der Waals surface area contributed by atoms with Gasteiger partial charge in [0.1, 0.15) is 12.2 Å². The Bertz CT molecular complexity index is 881. The zero-order valence-electron chi connectivity index (χ0n) is 18.4. The zero-order valence-corrected chi connectivity index (χ0v) is 19.2. The number of oxime groups is 1. The van der Waals surface area contributed by atoms with Crippen LogP contribution in [-0.2, 0) is 33.4 Å². The molecule has 0 saturated heterocycles. The second kappa shape index (κ2) is 7.19. The van der Waals surface area contributed by atoms with E-state index in [-0.39, 0.29) is 23.7 Å². The average molecular weight is 446 g/mol. The fourth-order valence-electron chi connectivity index (χ4n) is 6.73. The normalized spacial score (nSPS) is 43.3. The summed E-state index contributed by atoms with van der Waals surface area (Å²) >= 11 is 0. The summed E-state index contributed by atoms with van der Waals surface area (Å²) in [4.78, 5) is 24.0. The number of ether oxygens (including phenoxy) is 2. The highest BCUT2D eigenvalue weighted by Crippen LogP contribution is 2.73. The van der Waals surface area contributed by atoms with Crippen molar-refractivity contribution in [2.45, 2.75) is 66.3 Å². The van der Waals surface area contributed by atoms with E-state index in [2.05, 4.69) is 5.16 Å². The number of nitrogens with zero attached hydrogens (tertiary/aromatic N) is 1. The van der Waals surface area contributed by atoms with E-state index in [0.717, 1.165) is 6.26 Å². The second-order valence-electron chi connectivity index (χ2n) is 9.81. The van der Waals surface area contributed by atoms with E-state index in [9.17, 15) is 23.2 Å². The number of carbonyl (C=O) groups excluding carboxylic acids is 2. The van der Waals surface area contributed by atoms with Crippen LogP contribution in [0.4, 0.5) is 0 Å². The van der Waals surface area contributed by atoms with Gasteiger partial charge in [0.2, 0.25) is 0 Å². The zero-order chi connectivity index (χ0) is 22.8. The van der Waals surface area contributed by atoms with Gasteiger partial charge in [0.05, 0.1) is 12.0 Å². The molecule has 9 nitrogen and oxygen atoms in total. The molecule has 4 aliphatic rings. The Hall–Kier alpha value is -1.68. The summed E-state index contributed by atoms with van der Waals surface area (Å²) in [5, 5.41) is 13.3. The van der Waals surface area contributed by atoms with Gasteiger partial charge in [0.15, 0.2) is 6.10 Å². The van der Waals surface area contributed by atoms with Gasteiger partial charge in [-0.1, -0.05) is 32.9 Å². The minimum atomic E-state index is -3.95. The predicted molar refractivity (Wildman–Crippen MR) is 106 cm³/mol. The molecular formula is C20H31NO8S. The monoisotopic (exact) mass is 445 g/mol. The number of rotatable bonds is 4. The van der Waals surface area contributed by atoms with E-state index >= 15 is 0 Å². The van der Waals surface area contributed by atoms with Crippen molar-refractivity contribution < 1.29 is 36.9 Å². The van der Waals surface area contributed by atoms with Crippen molar-refractivity contribution in [1.82, 2.24) is 0 Å². The average Bonchev–Trinajstić information content (AvgIpc) is 2.66. The third-order valence-corrected chi connectivity index (χ3v) is 8.00. The molecule has 0 heterocycles. The smallest absolute Gasteiger partial charge is 0.303 e. The quantitative estimate of drug-likeness (QED) is 0.301. The van der Waals surface area contributed by atoms with Crippen LogP contribution in [0.25, 0.3) is 0 Å². The molecule has 4 bridgehead atoms. The first-order valence-electron chi connectivity index (χ1n) is 10.1. The van der Waals surface area contributed by atoms with Crippen molar-refractivity contribution in [1.29, 1.82) is 0 Å². The summed E-state index contributed by atoms with van der Waals surface area (Å²) in [6.45, 7) is 10.2. The fraction of sp³-hybridized carbons (Fsp3) is 0.850. The van der Waals surface area contributed by atoms with Crippen molar-refractivity contribution in [3.8, 4) is 0 Å². The molecule has 0 amide bonds. The molecule has 0 aromatic heterocycles. The third kappa shape index (κ3) is 3.32. The van der Waals surface area contributed by atoms with Gasteiger partial charge in [-0.15, -0.1) is 0 Å². The van der Waals surface area contributed by atoms with Crippen LogP contribution < -0.4 is 0 Å². The number of esters is 2. The molecule has 0 radical (unpaired) electrons. The molecule has 1 N–H and O–H groups in total. The summed E-state index contributed by atoms with van der Waals surface area (Å²) < 4.78 is 41.3. The Morgan fingerprint density at radius 3 is 2.10 bits per heavy atom. The van der Waals surface area contributed by atoms with Crippen LogP contribution in [-0.4, -0.2) is 55.8 Å². The van der Waals surface area contributed by atoms with E-state index < -0.39 is 51.2 Å². The lowest BCUT2D eigenvalue weighted by atomic mass is 9.35. The number of carbonyl (C=O) groups is 2. The minimum absolute atomic E-state index is 0.00614. The first kappa shape index (κ1) is 23.0. The van der Waals surface area contributed by atoms with Gasteiger partial charge < -0.3 is 14.7 Å². The maximum atomic E-state index is 12.2. The molecule has 0 aromatic rings. The fourth-order valence-corrected chi connectivity index (χ4v) is 7.43. The number of hydrogen-bond donors (Lipinski definition) is 1. The van der Waals surface area contributed by atoms with Crippen LogP contribution in [0.2, 0.25) is 0 Å². The molecule has 8 atom stereocenters. The first-order chi connectivity index (χ1) is 13.7. The van der Waals surface area contributed by atoms with Crippen LogP contribution in [0, 0.1) is 34.5 Å². The Morgan fingerprint density at radius 1 is 1.07 bits per heavy atom. The van der Waals surface area contributed by atoms with Crippen LogP contribution in [0.5, 0.6) is 0 Å². The van der Waals surface area contributed by atoms with E-state index in [1.165, 1.54) is 13.8 Å². The van der Waals surface area contributed by atoms with Gasteiger partial charge >= 0.3 is 11.9 Å². The number of fused-ring (bicyclic) bond motifs is 3. The lowest BCUT2D eigenvalue weighted by Gasteiger charge is -2.69. The molecular weight excluding hydrogens is 414 g/mol. The van der Waals surface area contributed by atoms with Crippen LogP contribution in [0.3, 0.4) is 0 Å². The molecule has 30 heavy (non-hydrogen) atoms. The summed E-state index contributed by atoms with van der Waals surface area (Å²) in [6.07, 6.45) is -1.66. The molecule has 0 spiro atoms. The molecule has 4 aliphatic carbocycles. The minimum Gasteiger partial charge on any atom is -0.458 e. The Labute approximate surface area is 177 Å². The lowest BCUT2D eigenvalue weighted by molar-refractivity contribution is -0.202. The largest absolute Gasteiger partial charge is 0.458 e. The van der Waals surface area contributed by atoms with E-state index in [1.54, 1.807) is 0 Å². The summed E-state index contributed by atoms with van der Waals surface area (Å²) in [7, 11) is -3.95. The highest BCUT2D eigenvalue weighted by atomic mass is 32.2. The topological polar surface area (TPSA) is 129 Å². The first-order valence-corrected chi connectivity index (χ1v) is 11.9. The van der Waals surface area contributed by atoms with Crippen molar-refractivity contribution in [2.24, 2.45) is 39.7 Å². The van der Waals surface area contributed by atoms with Crippen LogP contribution in [0.1, 0.15) is 48.0 Å². The van der Waals surface area contributed by atoms with Gasteiger partial charge in [-0.05, 0) is 24.2 Å². The second-order valence-corrected chi connectivity index (χ2v) is 11.4. The summed E-state index contributed by atoms with van der Waals surface area (Å²) in [5.74, 6) is -1.52. The number of hydrogen-bond acceptors (Lipinski definition) is 9. The van der Waals surface area contributed by atoms with Gasteiger partial charge in [0, 0.05) is 30.6 Å². The van der Waals surface area contributed by atoms with Gasteiger partial charge in [-0.2, -0.15) is 8.42 Å². The lowest BCUT2D eigenvalue weighted by Crippen LogP contribution is -2.71. The highest BCUT2D eigenvalue weighted by Gasteiger charge is 2.77. The van der Waals surface area contributed by atoms with Crippen molar-refractivity contribution in [3.05, 3.63) is 0 Å². The molecule has 4 fully saturated rings. The van der Waals surface area contributed by atoms with Crippen molar-refractivity contribution in [2.75, 3.05) is 6.26 Å². The highest BCUT2D eigenvalue weighted by molar-refractivity contribution is 7.86. The van der Waals surface area contributed by atoms with Crippen LogP contribution >= 0.6 is 0 Å². The molecule has 4 rings (SSSR count). The molecule has 0 aliphatic heterocycles. The standard InChI is InChI=1S/C20H31NO8S/c1-9-8-12(21-24)14-15-13(9)20(14,6)18(29-30(7,25)26)16(27-10(2)22)17(19(15,4)5)28-11(3)23/h9,13-18,24H,8H2,1-7H3/b21-12-/t9-,13+,14-,15+,16-,17-,18-,20-/m1/s1. The molecule has 0 unspecified atom stereocenters. The SMILES string of the molecule is CC(=O)O[C@@H]1[C@@H](OC(C)=O)C(C)(C)[C@H]2[C@@H]3[C@H](C)C/C(=N/O)[C@H]2[C@]3(C)[C@@H]1OS(C)(=O)=O. The molecule has 0 aromatic carbocycles. The maximum absolute atomic E-state index is 12.2. The van der Waals surface area contributed by atoms with Gasteiger partial charge in [0.25, 0.3) is 10.1 Å². The predicted octanol–water partition coefficient (Wildman–Crippen LogP) is 1.97. The Balaban J connectivity index is 2.28. The molecule has 170 valence electrons. The maximum Gasteiger partial charge on any atom is 0.303 e. The Morgan fingerprint density at radius 2 is 1.63 bits per heavy atom. The van der Waals surface area contributed by atoms with Gasteiger partial charge in [-0.25, -0.2) is 0 Å². The van der Waals surface area contributed by atoms with E-state index in [0.29, 0.717) is 12.1 Å². The molecule has 10 heteroatoms. The van der Waals surface area contributed by atoms with Crippen molar-refractivity contribution in [3.63, 3.8) is 0 Å². The summed E-state index contributed by atoms with van der Waals surface area (Å²) in [6, 6.07) is 0. The van der Waals surface area contributed by atoms with Crippen LogP contribution in [0.15, 0.2) is 5.16 Å². The Kier molecular flexibility index (Phi) is 5.51.